The van der Waals surface area contributed by atoms with E-state index in [1.165, 1.54) is 26.2 Å². The Bertz CT molecular complexity index is 766. The minimum Gasteiger partial charge on any atom is -0.493 e. The van der Waals surface area contributed by atoms with Crippen LogP contribution in [-0.4, -0.2) is 23.8 Å². The number of hydrogen-bond donors (Lipinski definition) is 0. The van der Waals surface area contributed by atoms with E-state index in [0.717, 1.165) is 36.6 Å². The number of hydrogen-bond acceptors (Lipinski definition) is 4. The predicted molar refractivity (Wildman–Crippen MR) is 104 cm³/mol. The van der Waals surface area contributed by atoms with Gasteiger partial charge in [-0.1, -0.05) is 44.2 Å². The Morgan fingerprint density at radius 1 is 0.962 bits per heavy atom. The number of unbranched alkanes of at least 4 members (excludes halogenated alkanes) is 6. The Morgan fingerprint density at radius 2 is 1.58 bits per heavy atom. The summed E-state index contributed by atoms with van der Waals surface area (Å²) in [5.74, 6) is 0.475. The number of nitrogens with zero attached hydrogens (tertiary/aromatic N) is 1. The quantitative estimate of drug-likeness (QED) is 0.445. The Kier molecular flexibility index (Phi) is 8.19. The van der Waals surface area contributed by atoms with Gasteiger partial charge in [-0.25, -0.2) is 0 Å². The van der Waals surface area contributed by atoms with E-state index in [4.69, 9.17) is 9.47 Å². The Balaban J connectivity index is 1.64. The van der Waals surface area contributed by atoms with Crippen LogP contribution in [0.4, 0.5) is 0 Å². The summed E-state index contributed by atoms with van der Waals surface area (Å²) in [4.78, 5) is 22.7. The molecular weight excluding hydrogens is 330 g/mol. The first kappa shape index (κ1) is 20.0. The maximum Gasteiger partial charge on any atom is 0.302 e. The van der Waals surface area contributed by atoms with Crippen molar-refractivity contribution in [2.24, 2.45) is 7.05 Å². The number of aromatic nitrogens is 1. The van der Waals surface area contributed by atoms with Crippen molar-refractivity contribution in [3.8, 4) is 5.75 Å². The summed E-state index contributed by atoms with van der Waals surface area (Å²) in [6.45, 7) is 2.61. The average molecular weight is 359 g/mol. The highest BCUT2D eigenvalue weighted by Crippen LogP contribution is 2.23. The topological polar surface area (TPSA) is 57.5 Å². The molecule has 5 heteroatoms. The molecule has 0 radical (unpaired) electrons. The molecule has 2 aromatic rings. The number of fused-ring (bicyclic) bond motifs is 1. The van der Waals surface area contributed by atoms with Crippen LogP contribution in [-0.2, 0) is 16.6 Å². The van der Waals surface area contributed by atoms with Gasteiger partial charge in [-0.15, -0.1) is 0 Å². The largest absolute Gasteiger partial charge is 0.493 e. The summed E-state index contributed by atoms with van der Waals surface area (Å²) in [7, 11) is 1.78. The second-order valence-electron chi connectivity index (χ2n) is 6.59. The molecule has 0 amide bonds. The minimum atomic E-state index is -0.200. The maximum atomic E-state index is 12.0. The number of carbonyl (C=O) groups is 1. The van der Waals surface area contributed by atoms with Gasteiger partial charge in [0.05, 0.1) is 18.7 Å². The SMILES string of the molecule is CC(=O)OCCCCCCCCCOc1cc(=O)n(C)c2ccccc12. The van der Waals surface area contributed by atoms with Gasteiger partial charge in [0.25, 0.3) is 5.56 Å². The van der Waals surface area contributed by atoms with Gasteiger partial charge < -0.3 is 14.0 Å². The van der Waals surface area contributed by atoms with E-state index in [0.29, 0.717) is 19.0 Å². The first-order chi connectivity index (χ1) is 12.6. The lowest BCUT2D eigenvalue weighted by Crippen LogP contribution is -2.16. The highest BCUT2D eigenvalue weighted by atomic mass is 16.5. The molecule has 0 saturated heterocycles. The van der Waals surface area contributed by atoms with Crippen molar-refractivity contribution in [1.82, 2.24) is 4.57 Å². The molecule has 0 N–H and O–H groups in total. The van der Waals surface area contributed by atoms with E-state index in [-0.39, 0.29) is 11.5 Å². The van der Waals surface area contributed by atoms with Gasteiger partial charge in [-0.2, -0.15) is 0 Å². The third kappa shape index (κ3) is 6.21. The van der Waals surface area contributed by atoms with Crippen molar-refractivity contribution in [2.75, 3.05) is 13.2 Å². The second kappa shape index (κ2) is 10.6. The Labute approximate surface area is 154 Å². The third-order valence-electron chi connectivity index (χ3n) is 4.47. The standard InChI is InChI=1S/C21H29NO4/c1-17(23)25-14-10-6-4-3-5-7-11-15-26-20-16-21(24)22(2)19-13-9-8-12-18(19)20/h8-9,12-13,16H,3-7,10-11,14-15H2,1-2H3. The molecule has 1 heterocycles. The number of para-hydroxylation sites is 1. The molecule has 0 bridgehead atoms. The van der Waals surface area contributed by atoms with Crippen LogP contribution < -0.4 is 10.3 Å². The molecule has 0 atom stereocenters. The third-order valence-corrected chi connectivity index (χ3v) is 4.47. The lowest BCUT2D eigenvalue weighted by atomic mass is 10.1. The van der Waals surface area contributed by atoms with Crippen molar-refractivity contribution < 1.29 is 14.3 Å². The van der Waals surface area contributed by atoms with Crippen LogP contribution in [0.15, 0.2) is 35.1 Å². The molecule has 26 heavy (non-hydrogen) atoms. The highest BCUT2D eigenvalue weighted by molar-refractivity contribution is 5.85. The van der Waals surface area contributed by atoms with Gasteiger partial charge in [-0.3, -0.25) is 9.59 Å². The molecule has 0 fully saturated rings. The first-order valence-corrected chi connectivity index (χ1v) is 9.44. The van der Waals surface area contributed by atoms with Crippen molar-refractivity contribution in [1.29, 1.82) is 0 Å². The van der Waals surface area contributed by atoms with E-state index in [1.807, 2.05) is 24.3 Å². The molecule has 0 aliphatic rings. The van der Waals surface area contributed by atoms with Crippen LogP contribution >= 0.6 is 0 Å². The summed E-state index contributed by atoms with van der Waals surface area (Å²) < 4.78 is 12.4. The van der Waals surface area contributed by atoms with E-state index >= 15 is 0 Å². The van der Waals surface area contributed by atoms with Crippen LogP contribution in [0.2, 0.25) is 0 Å². The van der Waals surface area contributed by atoms with Crippen molar-refractivity contribution in [3.63, 3.8) is 0 Å². The fourth-order valence-corrected chi connectivity index (χ4v) is 2.99. The summed E-state index contributed by atoms with van der Waals surface area (Å²) in [6, 6.07) is 9.38. The summed E-state index contributed by atoms with van der Waals surface area (Å²) in [6.07, 6.45) is 7.68. The lowest BCUT2D eigenvalue weighted by molar-refractivity contribution is -0.141. The molecule has 1 aromatic heterocycles. The van der Waals surface area contributed by atoms with Crippen LogP contribution in [0.1, 0.15) is 51.9 Å². The van der Waals surface area contributed by atoms with Crippen molar-refractivity contribution in [2.45, 2.75) is 51.9 Å². The van der Waals surface area contributed by atoms with Gasteiger partial charge >= 0.3 is 5.97 Å². The molecule has 0 aliphatic carbocycles. The Morgan fingerprint density at radius 3 is 2.27 bits per heavy atom. The number of pyridine rings is 1. The Hall–Kier alpha value is -2.30. The molecule has 0 unspecified atom stereocenters. The highest BCUT2D eigenvalue weighted by Gasteiger charge is 2.06. The van der Waals surface area contributed by atoms with E-state index in [1.54, 1.807) is 17.7 Å². The van der Waals surface area contributed by atoms with Gasteiger partial charge in [0.2, 0.25) is 0 Å². The van der Waals surface area contributed by atoms with Crippen molar-refractivity contribution >= 4 is 16.9 Å². The van der Waals surface area contributed by atoms with Crippen LogP contribution in [0.25, 0.3) is 10.9 Å². The summed E-state index contributed by atoms with van der Waals surface area (Å²) in [5, 5.41) is 0.974. The van der Waals surface area contributed by atoms with E-state index in [9.17, 15) is 9.59 Å². The zero-order valence-corrected chi connectivity index (χ0v) is 15.8. The molecule has 0 aliphatic heterocycles. The number of esters is 1. The number of aryl methyl sites for hydroxylation is 1. The normalized spacial score (nSPS) is 10.8. The van der Waals surface area contributed by atoms with Crippen molar-refractivity contribution in [3.05, 3.63) is 40.7 Å². The predicted octanol–water partition coefficient (Wildman–Crippen LogP) is 4.21. The van der Waals surface area contributed by atoms with E-state index in [2.05, 4.69) is 0 Å². The second-order valence-corrected chi connectivity index (χ2v) is 6.59. The van der Waals surface area contributed by atoms with Crippen LogP contribution in [0.5, 0.6) is 5.75 Å². The van der Waals surface area contributed by atoms with Crippen LogP contribution in [0.3, 0.4) is 0 Å². The van der Waals surface area contributed by atoms with Gasteiger partial charge in [0, 0.05) is 25.4 Å². The zero-order valence-electron chi connectivity index (χ0n) is 15.8. The molecule has 0 saturated carbocycles. The molecule has 1 aromatic carbocycles. The van der Waals surface area contributed by atoms with E-state index < -0.39 is 0 Å². The monoisotopic (exact) mass is 359 g/mol. The zero-order chi connectivity index (χ0) is 18.8. The number of rotatable bonds is 11. The van der Waals surface area contributed by atoms with Gasteiger partial charge in [-0.05, 0) is 25.0 Å². The number of ether oxygens (including phenoxy) is 2. The van der Waals surface area contributed by atoms with Gasteiger partial charge in [0.1, 0.15) is 5.75 Å². The molecule has 142 valence electrons. The smallest absolute Gasteiger partial charge is 0.302 e. The fraction of sp³-hybridized carbons (Fsp3) is 0.524. The van der Waals surface area contributed by atoms with Gasteiger partial charge in [0.15, 0.2) is 0 Å². The number of benzene rings is 1. The molecule has 0 spiro atoms. The van der Waals surface area contributed by atoms with Crippen LogP contribution in [0, 0.1) is 0 Å². The first-order valence-electron chi connectivity index (χ1n) is 9.44. The maximum absolute atomic E-state index is 12.0. The fourth-order valence-electron chi connectivity index (χ4n) is 2.99. The summed E-state index contributed by atoms with van der Waals surface area (Å²) in [5.41, 5.74) is 0.844. The molecule has 2 rings (SSSR count). The lowest BCUT2D eigenvalue weighted by Gasteiger charge is -2.11. The molecule has 5 nitrogen and oxygen atoms in total. The average Bonchev–Trinajstić information content (AvgIpc) is 2.63. The summed E-state index contributed by atoms with van der Waals surface area (Å²) >= 11 is 0. The number of carbonyl (C=O) groups excluding carboxylic acids is 1. The molecular formula is C21H29NO4. The minimum absolute atomic E-state index is 0.0487.